The zero-order valence-electron chi connectivity index (χ0n) is 9.11. The predicted molar refractivity (Wildman–Crippen MR) is 74.2 cm³/mol. The number of alkyl halides is 1. The Kier molecular flexibility index (Phi) is 4.02. The summed E-state index contributed by atoms with van der Waals surface area (Å²) in [5.74, 6) is 0.194. The van der Waals surface area contributed by atoms with Gasteiger partial charge in [0.05, 0.1) is 6.61 Å². The molecule has 5 heteroatoms. The molecule has 0 saturated heterocycles. The van der Waals surface area contributed by atoms with Gasteiger partial charge >= 0.3 is 0 Å². The molecule has 0 fully saturated rings. The minimum atomic E-state index is -0.431. The van der Waals surface area contributed by atoms with Crippen molar-refractivity contribution in [1.29, 1.82) is 0 Å². The smallest absolute Gasteiger partial charge is 0.262 e. The van der Waals surface area contributed by atoms with Gasteiger partial charge in [-0.25, -0.2) is 0 Å². The summed E-state index contributed by atoms with van der Waals surface area (Å²) in [6, 6.07) is 7.77. The van der Waals surface area contributed by atoms with E-state index < -0.39 is 5.91 Å². The fourth-order valence-electron chi connectivity index (χ4n) is 1.56. The van der Waals surface area contributed by atoms with Crippen molar-refractivity contribution in [2.75, 3.05) is 11.9 Å². The van der Waals surface area contributed by atoms with E-state index in [1.54, 1.807) is 0 Å². The van der Waals surface area contributed by atoms with Crippen LogP contribution in [-0.2, 0) is 0 Å². The van der Waals surface area contributed by atoms with Gasteiger partial charge in [0.2, 0.25) is 0 Å². The van der Waals surface area contributed by atoms with Crippen LogP contribution >= 0.6 is 27.3 Å². The highest BCUT2D eigenvalue weighted by Crippen LogP contribution is 2.37. The molecular formula is C12H12BrNO2S. The molecule has 0 radical (unpaired) electrons. The Morgan fingerprint density at radius 1 is 1.41 bits per heavy atom. The van der Waals surface area contributed by atoms with Gasteiger partial charge < -0.3 is 10.5 Å². The lowest BCUT2D eigenvalue weighted by Gasteiger charge is -2.05. The molecule has 1 amide bonds. The van der Waals surface area contributed by atoms with Crippen LogP contribution < -0.4 is 10.5 Å². The molecule has 1 aromatic carbocycles. The fraction of sp³-hybridized carbons (Fsp3) is 0.250. The van der Waals surface area contributed by atoms with Crippen LogP contribution in [0.15, 0.2) is 24.3 Å². The number of amides is 1. The number of ether oxygens (including phenoxy) is 1. The summed E-state index contributed by atoms with van der Waals surface area (Å²) in [6.07, 6.45) is 0.891. The second-order valence-corrected chi connectivity index (χ2v) is 5.36. The van der Waals surface area contributed by atoms with E-state index in [1.165, 1.54) is 11.3 Å². The molecule has 2 N–H and O–H groups in total. The second kappa shape index (κ2) is 5.51. The van der Waals surface area contributed by atoms with E-state index in [0.717, 1.165) is 21.8 Å². The lowest BCUT2D eigenvalue weighted by Crippen LogP contribution is -2.11. The molecule has 90 valence electrons. The Balaban J connectivity index is 2.41. The fourth-order valence-corrected chi connectivity index (χ4v) is 2.78. The number of benzene rings is 1. The monoisotopic (exact) mass is 313 g/mol. The van der Waals surface area contributed by atoms with Crippen LogP contribution in [0.25, 0.3) is 10.1 Å². The van der Waals surface area contributed by atoms with Gasteiger partial charge in [-0.15, -0.1) is 11.3 Å². The van der Waals surface area contributed by atoms with Gasteiger partial charge in [0, 0.05) is 15.4 Å². The highest BCUT2D eigenvalue weighted by molar-refractivity contribution is 9.09. The van der Waals surface area contributed by atoms with Crippen molar-refractivity contribution in [2.45, 2.75) is 6.42 Å². The van der Waals surface area contributed by atoms with Crippen LogP contribution in [-0.4, -0.2) is 17.8 Å². The molecule has 0 saturated carbocycles. The first-order valence-electron chi connectivity index (χ1n) is 5.24. The molecule has 0 atom stereocenters. The highest BCUT2D eigenvalue weighted by atomic mass is 79.9. The minimum absolute atomic E-state index is 0.431. The molecule has 0 aliphatic rings. The third-order valence-corrected chi connectivity index (χ3v) is 4.03. The van der Waals surface area contributed by atoms with Crippen LogP contribution in [0, 0.1) is 0 Å². The summed E-state index contributed by atoms with van der Waals surface area (Å²) in [4.78, 5) is 11.9. The molecule has 1 aromatic heterocycles. The van der Waals surface area contributed by atoms with Gasteiger partial charge in [-0.1, -0.05) is 28.1 Å². The van der Waals surface area contributed by atoms with E-state index in [9.17, 15) is 4.79 Å². The van der Waals surface area contributed by atoms with Crippen LogP contribution in [0.5, 0.6) is 5.75 Å². The standard InChI is InChI=1S/C12H12BrNO2S/c13-6-3-7-16-10-8-4-1-2-5-9(8)17-11(10)12(14)15/h1-2,4-5H,3,6-7H2,(H2,14,15). The first-order valence-corrected chi connectivity index (χ1v) is 7.18. The number of thiophene rings is 1. The number of fused-ring (bicyclic) bond motifs is 1. The SMILES string of the molecule is NC(=O)c1sc2ccccc2c1OCCCBr. The Morgan fingerprint density at radius 2 is 2.18 bits per heavy atom. The average Bonchev–Trinajstić information content (AvgIpc) is 2.69. The van der Waals surface area contributed by atoms with Crippen molar-refractivity contribution >= 4 is 43.3 Å². The van der Waals surface area contributed by atoms with Gasteiger partial charge in [-0.2, -0.15) is 0 Å². The van der Waals surface area contributed by atoms with Gasteiger partial charge in [-0.05, 0) is 18.6 Å². The van der Waals surface area contributed by atoms with Crippen LogP contribution in [0.2, 0.25) is 0 Å². The van der Waals surface area contributed by atoms with Gasteiger partial charge in [0.15, 0.2) is 5.75 Å². The van der Waals surface area contributed by atoms with Gasteiger partial charge in [0.25, 0.3) is 5.91 Å². The van der Waals surface area contributed by atoms with Crippen molar-refractivity contribution in [3.63, 3.8) is 0 Å². The number of carbonyl (C=O) groups is 1. The van der Waals surface area contributed by atoms with Crippen LogP contribution in [0.4, 0.5) is 0 Å². The van der Waals surface area contributed by atoms with E-state index in [0.29, 0.717) is 17.2 Å². The number of primary amides is 1. The summed E-state index contributed by atoms with van der Waals surface area (Å²) in [6.45, 7) is 0.576. The number of halogens is 1. The number of carbonyl (C=O) groups excluding carboxylic acids is 1. The van der Waals surface area contributed by atoms with Gasteiger partial charge in [-0.3, -0.25) is 4.79 Å². The topological polar surface area (TPSA) is 52.3 Å². The van der Waals surface area contributed by atoms with Crippen molar-refractivity contribution < 1.29 is 9.53 Å². The summed E-state index contributed by atoms with van der Waals surface area (Å²) < 4.78 is 6.69. The highest BCUT2D eigenvalue weighted by Gasteiger charge is 2.17. The molecule has 0 aliphatic carbocycles. The minimum Gasteiger partial charge on any atom is -0.491 e. The Bertz CT molecular complexity index is 538. The predicted octanol–water partition coefficient (Wildman–Crippen LogP) is 3.16. The summed E-state index contributed by atoms with van der Waals surface area (Å²) >= 11 is 4.72. The number of hydrogen-bond donors (Lipinski definition) is 1. The van der Waals surface area contributed by atoms with E-state index in [2.05, 4.69) is 15.9 Å². The first-order chi connectivity index (χ1) is 8.24. The number of nitrogens with two attached hydrogens (primary N) is 1. The molecule has 0 aliphatic heterocycles. The average molecular weight is 314 g/mol. The van der Waals surface area contributed by atoms with E-state index in [1.807, 2.05) is 24.3 Å². The summed E-state index contributed by atoms with van der Waals surface area (Å²) in [5.41, 5.74) is 5.36. The molecule has 2 rings (SSSR count). The zero-order valence-corrected chi connectivity index (χ0v) is 11.5. The first kappa shape index (κ1) is 12.4. The van der Waals surface area contributed by atoms with Crippen LogP contribution in [0.1, 0.15) is 16.1 Å². The summed E-state index contributed by atoms with van der Waals surface area (Å²) in [5, 5.41) is 1.84. The lowest BCUT2D eigenvalue weighted by molar-refractivity contribution is 0.100. The Hall–Kier alpha value is -1.07. The molecule has 0 spiro atoms. The molecule has 1 heterocycles. The third kappa shape index (κ3) is 2.61. The maximum absolute atomic E-state index is 11.4. The molecular weight excluding hydrogens is 302 g/mol. The van der Waals surface area contributed by atoms with Crippen molar-refractivity contribution in [1.82, 2.24) is 0 Å². The molecule has 0 unspecified atom stereocenters. The quantitative estimate of drug-likeness (QED) is 0.681. The zero-order chi connectivity index (χ0) is 12.3. The van der Waals surface area contributed by atoms with E-state index in [4.69, 9.17) is 10.5 Å². The molecule has 0 bridgehead atoms. The normalized spacial score (nSPS) is 10.6. The molecule has 17 heavy (non-hydrogen) atoms. The Labute approximate surface area is 112 Å². The number of rotatable bonds is 5. The molecule has 3 nitrogen and oxygen atoms in total. The van der Waals surface area contributed by atoms with E-state index >= 15 is 0 Å². The number of hydrogen-bond acceptors (Lipinski definition) is 3. The Morgan fingerprint density at radius 3 is 2.88 bits per heavy atom. The second-order valence-electron chi connectivity index (χ2n) is 3.51. The third-order valence-electron chi connectivity index (χ3n) is 2.30. The maximum Gasteiger partial charge on any atom is 0.262 e. The molecule has 2 aromatic rings. The van der Waals surface area contributed by atoms with Crippen molar-refractivity contribution in [3.05, 3.63) is 29.1 Å². The van der Waals surface area contributed by atoms with Crippen LogP contribution in [0.3, 0.4) is 0 Å². The largest absolute Gasteiger partial charge is 0.491 e. The summed E-state index contributed by atoms with van der Waals surface area (Å²) in [7, 11) is 0. The van der Waals surface area contributed by atoms with Crippen molar-refractivity contribution in [3.8, 4) is 5.75 Å². The van der Waals surface area contributed by atoms with Crippen molar-refractivity contribution in [2.24, 2.45) is 5.73 Å². The lowest BCUT2D eigenvalue weighted by atomic mass is 10.2. The maximum atomic E-state index is 11.4. The van der Waals surface area contributed by atoms with E-state index in [-0.39, 0.29) is 0 Å². The van der Waals surface area contributed by atoms with Gasteiger partial charge in [0.1, 0.15) is 4.88 Å².